The van der Waals surface area contributed by atoms with E-state index in [1.165, 1.54) is 6.07 Å². The van der Waals surface area contributed by atoms with E-state index in [2.05, 4.69) is 15.9 Å². The Hall–Kier alpha value is -1.59. The zero-order chi connectivity index (χ0) is 13.8. The van der Waals surface area contributed by atoms with Crippen LogP contribution in [-0.4, -0.2) is 4.92 Å². The van der Waals surface area contributed by atoms with Crippen molar-refractivity contribution in [2.45, 2.75) is 6.61 Å². The number of benzene rings is 2. The Kier molecular flexibility index (Phi) is 4.39. The Bertz CT molecular complexity index is 601. The normalized spacial score (nSPS) is 10.2. The summed E-state index contributed by atoms with van der Waals surface area (Å²) in [7, 11) is 0. The number of hydrogen-bond donors (Lipinski definition) is 0. The maximum atomic E-state index is 10.9. The summed E-state index contributed by atoms with van der Waals surface area (Å²) in [5.41, 5.74) is 0.446. The number of nitrogens with zero attached hydrogens (tertiary/aromatic N) is 1. The van der Waals surface area contributed by atoms with Gasteiger partial charge < -0.3 is 4.74 Å². The summed E-state index contributed by atoms with van der Waals surface area (Å²) in [6.07, 6.45) is 0. The minimum Gasteiger partial charge on any atom is -0.489 e. The molecule has 0 atom stereocenters. The summed E-state index contributed by atoms with van der Waals surface area (Å²) >= 11 is 9.07. The molecule has 19 heavy (non-hydrogen) atoms. The van der Waals surface area contributed by atoms with Crippen LogP contribution in [0.25, 0.3) is 0 Å². The minimum atomic E-state index is -0.466. The maximum Gasteiger partial charge on any atom is 0.277 e. The molecule has 0 spiro atoms. The number of ether oxygens (including phenoxy) is 1. The average molecular weight is 343 g/mol. The molecular formula is C13H9BrClNO3. The zero-order valence-corrected chi connectivity index (χ0v) is 12.0. The predicted molar refractivity (Wildman–Crippen MR) is 76.6 cm³/mol. The first-order valence-corrected chi connectivity index (χ1v) is 6.54. The first-order chi connectivity index (χ1) is 9.06. The lowest BCUT2D eigenvalue weighted by atomic mass is 10.2. The van der Waals surface area contributed by atoms with Gasteiger partial charge in [-0.2, -0.15) is 0 Å². The van der Waals surface area contributed by atoms with Crippen molar-refractivity contribution in [2.24, 2.45) is 0 Å². The van der Waals surface area contributed by atoms with Gasteiger partial charge in [-0.15, -0.1) is 0 Å². The Morgan fingerprint density at radius 3 is 2.53 bits per heavy atom. The highest BCUT2D eigenvalue weighted by Gasteiger charge is 2.14. The fourth-order valence-corrected chi connectivity index (χ4v) is 1.95. The van der Waals surface area contributed by atoms with Crippen LogP contribution in [0.4, 0.5) is 5.69 Å². The van der Waals surface area contributed by atoms with Crippen LogP contribution in [0.2, 0.25) is 5.02 Å². The van der Waals surface area contributed by atoms with Crippen molar-refractivity contribution in [1.82, 2.24) is 0 Å². The fourth-order valence-electron chi connectivity index (χ4n) is 1.52. The molecule has 6 heteroatoms. The first kappa shape index (κ1) is 13.8. The molecule has 0 N–H and O–H groups in total. The minimum absolute atomic E-state index is 0.0374. The van der Waals surface area contributed by atoms with Crippen molar-refractivity contribution in [1.29, 1.82) is 0 Å². The maximum absolute atomic E-state index is 10.9. The zero-order valence-electron chi connectivity index (χ0n) is 9.68. The van der Waals surface area contributed by atoms with E-state index < -0.39 is 4.92 Å². The van der Waals surface area contributed by atoms with Crippen molar-refractivity contribution in [3.63, 3.8) is 0 Å². The van der Waals surface area contributed by atoms with Gasteiger partial charge in [0.25, 0.3) is 5.69 Å². The molecule has 0 heterocycles. The number of rotatable bonds is 4. The quantitative estimate of drug-likeness (QED) is 0.603. The molecule has 0 aliphatic carbocycles. The van der Waals surface area contributed by atoms with Crippen LogP contribution in [0.15, 0.2) is 46.9 Å². The van der Waals surface area contributed by atoms with Gasteiger partial charge in [0.1, 0.15) is 12.4 Å². The summed E-state index contributed by atoms with van der Waals surface area (Å²) < 4.78 is 6.45. The van der Waals surface area contributed by atoms with E-state index in [0.29, 0.717) is 16.3 Å². The number of hydrogen-bond acceptors (Lipinski definition) is 3. The lowest BCUT2D eigenvalue weighted by Crippen LogP contribution is -2.00. The lowest BCUT2D eigenvalue weighted by molar-refractivity contribution is -0.385. The van der Waals surface area contributed by atoms with Gasteiger partial charge in [0.15, 0.2) is 0 Å². The van der Waals surface area contributed by atoms with E-state index in [0.717, 1.165) is 4.47 Å². The van der Waals surface area contributed by atoms with E-state index in [-0.39, 0.29) is 12.3 Å². The molecule has 2 rings (SSSR count). The lowest BCUT2D eigenvalue weighted by Gasteiger charge is -2.07. The van der Waals surface area contributed by atoms with Crippen molar-refractivity contribution in [3.8, 4) is 5.75 Å². The van der Waals surface area contributed by atoms with Crippen molar-refractivity contribution < 1.29 is 9.66 Å². The highest BCUT2D eigenvalue weighted by Crippen LogP contribution is 2.25. The van der Waals surface area contributed by atoms with Crippen molar-refractivity contribution in [3.05, 3.63) is 67.6 Å². The van der Waals surface area contributed by atoms with Crippen LogP contribution in [0, 0.1) is 10.1 Å². The van der Waals surface area contributed by atoms with Gasteiger partial charge in [-0.05, 0) is 36.4 Å². The third-order valence-electron chi connectivity index (χ3n) is 2.45. The van der Waals surface area contributed by atoms with Crippen LogP contribution in [0.1, 0.15) is 5.56 Å². The summed E-state index contributed by atoms with van der Waals surface area (Å²) in [6, 6.07) is 11.8. The third-order valence-corrected chi connectivity index (χ3v) is 3.22. The second-order valence-electron chi connectivity index (χ2n) is 3.77. The number of nitro benzene ring substituents is 1. The second-order valence-corrected chi connectivity index (χ2v) is 5.12. The molecule has 2 aromatic rings. The molecule has 0 saturated carbocycles. The van der Waals surface area contributed by atoms with E-state index in [4.69, 9.17) is 16.3 Å². The predicted octanol–water partition coefficient (Wildman–Crippen LogP) is 4.59. The Labute approximate surface area is 123 Å². The molecule has 0 aromatic heterocycles. The van der Waals surface area contributed by atoms with E-state index in [1.54, 1.807) is 24.3 Å². The number of halogens is 2. The molecule has 98 valence electrons. The van der Waals surface area contributed by atoms with Crippen LogP contribution in [-0.2, 0) is 6.61 Å². The standard InChI is InChI=1S/C13H9BrClNO3/c14-10-2-5-12(6-3-10)19-8-9-1-4-11(15)7-13(9)16(17)18/h1-7H,8H2. The summed E-state index contributed by atoms with van der Waals surface area (Å²) in [5, 5.41) is 11.2. The van der Waals surface area contributed by atoms with Crippen LogP contribution in [0.3, 0.4) is 0 Å². The molecule has 0 aliphatic heterocycles. The molecule has 0 aliphatic rings. The van der Waals surface area contributed by atoms with Gasteiger partial charge in [0.2, 0.25) is 0 Å². The highest BCUT2D eigenvalue weighted by atomic mass is 79.9. The fraction of sp³-hybridized carbons (Fsp3) is 0.0769. The molecule has 0 amide bonds. The van der Waals surface area contributed by atoms with E-state index >= 15 is 0 Å². The molecule has 0 bridgehead atoms. The summed E-state index contributed by atoms with van der Waals surface area (Å²) in [6.45, 7) is 0.120. The van der Waals surface area contributed by atoms with E-state index in [1.807, 2.05) is 12.1 Å². The molecule has 0 saturated heterocycles. The van der Waals surface area contributed by atoms with E-state index in [9.17, 15) is 10.1 Å². The van der Waals surface area contributed by atoms with Gasteiger partial charge in [-0.25, -0.2) is 0 Å². The highest BCUT2D eigenvalue weighted by molar-refractivity contribution is 9.10. The van der Waals surface area contributed by atoms with Crippen LogP contribution < -0.4 is 4.74 Å². The Morgan fingerprint density at radius 1 is 1.21 bits per heavy atom. The smallest absolute Gasteiger partial charge is 0.277 e. The van der Waals surface area contributed by atoms with Gasteiger partial charge >= 0.3 is 0 Å². The summed E-state index contributed by atoms with van der Waals surface area (Å²) in [4.78, 5) is 10.4. The molecular weight excluding hydrogens is 334 g/mol. The van der Waals surface area contributed by atoms with Gasteiger partial charge in [-0.1, -0.05) is 27.5 Å². The second kappa shape index (κ2) is 6.04. The molecule has 0 unspecified atom stereocenters. The molecule has 4 nitrogen and oxygen atoms in total. The molecule has 2 aromatic carbocycles. The molecule has 0 radical (unpaired) electrons. The summed E-state index contributed by atoms with van der Waals surface area (Å²) in [5.74, 6) is 0.646. The first-order valence-electron chi connectivity index (χ1n) is 5.37. The van der Waals surface area contributed by atoms with Gasteiger partial charge in [0.05, 0.1) is 10.5 Å². The van der Waals surface area contributed by atoms with Crippen molar-refractivity contribution >= 4 is 33.2 Å². The largest absolute Gasteiger partial charge is 0.489 e. The van der Waals surface area contributed by atoms with Gasteiger partial charge in [-0.3, -0.25) is 10.1 Å². The topological polar surface area (TPSA) is 52.4 Å². The van der Waals surface area contributed by atoms with Crippen LogP contribution in [0.5, 0.6) is 5.75 Å². The van der Waals surface area contributed by atoms with Crippen LogP contribution >= 0.6 is 27.5 Å². The average Bonchev–Trinajstić information content (AvgIpc) is 2.39. The Balaban J connectivity index is 2.15. The monoisotopic (exact) mass is 341 g/mol. The Morgan fingerprint density at radius 2 is 1.89 bits per heavy atom. The third kappa shape index (κ3) is 3.68. The van der Waals surface area contributed by atoms with Crippen molar-refractivity contribution in [2.75, 3.05) is 0 Å². The van der Waals surface area contributed by atoms with Gasteiger partial charge in [0, 0.05) is 15.6 Å². The SMILES string of the molecule is O=[N+]([O-])c1cc(Cl)ccc1COc1ccc(Br)cc1. The number of nitro groups is 1. The molecule has 0 fully saturated rings.